The number of carbonyl (C=O) groups is 1. The lowest BCUT2D eigenvalue weighted by Crippen LogP contribution is -2.38. The molecule has 0 aliphatic carbocycles. The molecule has 0 spiro atoms. The van der Waals surface area contributed by atoms with Crippen molar-refractivity contribution in [1.29, 1.82) is 0 Å². The number of thiazole rings is 1. The summed E-state index contributed by atoms with van der Waals surface area (Å²) in [4.78, 5) is 18.6. The summed E-state index contributed by atoms with van der Waals surface area (Å²) in [6.07, 6.45) is 0.790. The first-order chi connectivity index (χ1) is 11.2. The van der Waals surface area contributed by atoms with E-state index >= 15 is 0 Å². The molecule has 0 saturated heterocycles. The van der Waals surface area contributed by atoms with Crippen molar-refractivity contribution in [1.82, 2.24) is 25.2 Å². The fourth-order valence-corrected chi connectivity index (χ4v) is 3.24. The van der Waals surface area contributed by atoms with Gasteiger partial charge in [-0.2, -0.15) is 0 Å². The predicted octanol–water partition coefficient (Wildman–Crippen LogP) is 1.99. The third kappa shape index (κ3) is 2.48. The zero-order valence-corrected chi connectivity index (χ0v) is 12.7. The lowest BCUT2D eigenvalue weighted by Gasteiger charge is -2.24. The molecule has 0 atom stereocenters. The molecule has 0 saturated carbocycles. The molecule has 0 N–H and O–H groups in total. The third-order valence-electron chi connectivity index (χ3n) is 3.57. The van der Waals surface area contributed by atoms with Crippen LogP contribution in [0.1, 0.15) is 16.9 Å². The van der Waals surface area contributed by atoms with Crippen molar-refractivity contribution in [3.05, 3.63) is 41.2 Å². The van der Waals surface area contributed by atoms with Crippen LogP contribution in [0, 0.1) is 5.82 Å². The van der Waals surface area contributed by atoms with Crippen LogP contribution in [0.15, 0.2) is 29.6 Å². The van der Waals surface area contributed by atoms with Crippen molar-refractivity contribution in [2.75, 3.05) is 11.4 Å². The van der Waals surface area contributed by atoms with Gasteiger partial charge in [0.25, 0.3) is 11.9 Å². The van der Waals surface area contributed by atoms with Crippen LogP contribution in [0.3, 0.4) is 0 Å². The maximum atomic E-state index is 13.0. The van der Waals surface area contributed by atoms with Crippen molar-refractivity contribution >= 4 is 23.2 Å². The Labute approximate surface area is 134 Å². The highest BCUT2D eigenvalue weighted by molar-refractivity contribution is 7.13. The predicted molar refractivity (Wildman–Crippen MR) is 81.6 cm³/mol. The quantitative estimate of drug-likeness (QED) is 0.718. The molecule has 0 fully saturated rings. The lowest BCUT2D eigenvalue weighted by molar-refractivity contribution is 0.0976. The summed E-state index contributed by atoms with van der Waals surface area (Å²) in [6, 6.07) is 6.03. The first-order valence-corrected chi connectivity index (χ1v) is 7.90. The minimum absolute atomic E-state index is 0.231. The van der Waals surface area contributed by atoms with E-state index in [0.29, 0.717) is 29.7 Å². The molecule has 0 bridgehead atoms. The van der Waals surface area contributed by atoms with E-state index in [-0.39, 0.29) is 11.7 Å². The minimum atomic E-state index is -0.304. The van der Waals surface area contributed by atoms with Crippen LogP contribution in [-0.4, -0.2) is 37.6 Å². The normalized spacial score (nSPS) is 13.9. The average molecular weight is 330 g/mol. The zero-order chi connectivity index (χ0) is 15.8. The first kappa shape index (κ1) is 13.9. The van der Waals surface area contributed by atoms with Crippen molar-refractivity contribution in [3.63, 3.8) is 0 Å². The third-order valence-corrected chi connectivity index (χ3v) is 4.46. The topological polar surface area (TPSA) is 76.8 Å². The number of fused-ring (bicyclic) bond motifs is 1. The summed E-state index contributed by atoms with van der Waals surface area (Å²) < 4.78 is 14.6. The van der Waals surface area contributed by atoms with Gasteiger partial charge >= 0.3 is 0 Å². The summed E-state index contributed by atoms with van der Waals surface area (Å²) in [6.45, 7) is 1.26. The molecule has 4 rings (SSSR count). The van der Waals surface area contributed by atoms with Crippen LogP contribution in [0.2, 0.25) is 0 Å². The molecule has 0 unspecified atom stereocenters. The molecular formula is C14H11FN6OS. The Morgan fingerprint density at radius 2 is 2.04 bits per heavy atom. The van der Waals surface area contributed by atoms with E-state index in [1.807, 2.05) is 0 Å². The molecule has 1 aromatic carbocycles. The Bertz CT molecular complexity index is 858. The van der Waals surface area contributed by atoms with Crippen LogP contribution in [0.5, 0.6) is 0 Å². The summed E-state index contributed by atoms with van der Waals surface area (Å²) in [7, 11) is 0. The number of carbonyl (C=O) groups excluding carboxylic acids is 1. The molecule has 116 valence electrons. The van der Waals surface area contributed by atoms with Crippen LogP contribution < -0.4 is 4.90 Å². The molecule has 0 radical (unpaired) electrons. The van der Waals surface area contributed by atoms with Gasteiger partial charge < -0.3 is 0 Å². The van der Waals surface area contributed by atoms with Crippen molar-refractivity contribution in [3.8, 4) is 10.6 Å². The maximum absolute atomic E-state index is 13.0. The van der Waals surface area contributed by atoms with E-state index in [2.05, 4.69) is 20.5 Å². The summed E-state index contributed by atoms with van der Waals surface area (Å²) in [5.74, 6) is -0.0929. The lowest BCUT2D eigenvalue weighted by atomic mass is 10.2. The second-order valence-corrected chi connectivity index (χ2v) is 5.92. The second kappa shape index (κ2) is 5.51. The van der Waals surface area contributed by atoms with E-state index in [4.69, 9.17) is 0 Å². The van der Waals surface area contributed by atoms with E-state index in [0.717, 1.165) is 12.0 Å². The number of anilines is 1. The minimum Gasteiger partial charge on any atom is -0.274 e. The van der Waals surface area contributed by atoms with Gasteiger partial charge in [0.2, 0.25) is 0 Å². The molecule has 3 heterocycles. The number of aryl methyl sites for hydroxylation is 1. The average Bonchev–Trinajstić information content (AvgIpc) is 3.23. The molecule has 1 amide bonds. The molecule has 23 heavy (non-hydrogen) atoms. The number of aromatic nitrogens is 5. The Hall–Kier alpha value is -2.68. The van der Waals surface area contributed by atoms with Gasteiger partial charge in [0.15, 0.2) is 0 Å². The van der Waals surface area contributed by atoms with Gasteiger partial charge in [-0.3, -0.25) is 9.69 Å². The largest absolute Gasteiger partial charge is 0.280 e. The molecule has 3 aromatic rings. The summed E-state index contributed by atoms with van der Waals surface area (Å²) >= 11 is 1.34. The number of hydrogen-bond donors (Lipinski definition) is 0. The Morgan fingerprint density at radius 3 is 2.87 bits per heavy atom. The van der Waals surface area contributed by atoms with Gasteiger partial charge in [0, 0.05) is 24.0 Å². The maximum Gasteiger partial charge on any atom is 0.280 e. The van der Waals surface area contributed by atoms with Gasteiger partial charge in [-0.15, -0.1) is 11.3 Å². The fourth-order valence-electron chi connectivity index (χ4n) is 2.44. The molecule has 9 heteroatoms. The Kier molecular flexibility index (Phi) is 3.34. The standard InChI is InChI=1S/C14H11FN6OS/c15-10-4-2-9(3-5-10)12-16-11(8-23-12)13(22)20-6-1-7-21-14(20)17-18-19-21/h2-5,8H,1,6-7H2. The number of benzene rings is 1. The van der Waals surface area contributed by atoms with Crippen molar-refractivity contribution in [2.24, 2.45) is 0 Å². The SMILES string of the molecule is O=C(c1csc(-c2ccc(F)cc2)n1)N1CCCn2nnnc21. The zero-order valence-electron chi connectivity index (χ0n) is 11.9. The van der Waals surface area contributed by atoms with Crippen molar-refractivity contribution < 1.29 is 9.18 Å². The van der Waals surface area contributed by atoms with Crippen LogP contribution in [-0.2, 0) is 6.54 Å². The van der Waals surface area contributed by atoms with Crippen molar-refractivity contribution in [2.45, 2.75) is 13.0 Å². The van der Waals surface area contributed by atoms with Crippen LogP contribution in [0.25, 0.3) is 10.6 Å². The van der Waals surface area contributed by atoms with Crippen LogP contribution in [0.4, 0.5) is 10.3 Å². The highest BCUT2D eigenvalue weighted by Gasteiger charge is 2.28. The fraction of sp³-hybridized carbons (Fsp3) is 0.214. The van der Waals surface area contributed by atoms with Gasteiger partial charge in [-0.25, -0.2) is 14.1 Å². The smallest absolute Gasteiger partial charge is 0.274 e. The summed E-state index contributed by atoms with van der Waals surface area (Å²) in [5, 5.41) is 13.7. The van der Waals surface area contributed by atoms with E-state index in [1.165, 1.54) is 28.4 Å². The Balaban J connectivity index is 1.62. The van der Waals surface area contributed by atoms with E-state index in [1.54, 1.807) is 22.2 Å². The first-order valence-electron chi connectivity index (χ1n) is 7.02. The number of rotatable bonds is 2. The van der Waals surface area contributed by atoms with Gasteiger partial charge in [-0.05, 0) is 41.1 Å². The molecular weight excluding hydrogens is 319 g/mol. The number of tetrazole rings is 1. The highest BCUT2D eigenvalue weighted by Crippen LogP contribution is 2.26. The van der Waals surface area contributed by atoms with Crippen LogP contribution >= 0.6 is 11.3 Å². The Morgan fingerprint density at radius 1 is 1.22 bits per heavy atom. The number of halogens is 1. The van der Waals surface area contributed by atoms with Gasteiger partial charge in [-0.1, -0.05) is 5.10 Å². The number of hydrogen-bond acceptors (Lipinski definition) is 6. The molecule has 1 aliphatic heterocycles. The van der Waals surface area contributed by atoms with Gasteiger partial charge in [0.1, 0.15) is 16.5 Å². The van der Waals surface area contributed by atoms with E-state index < -0.39 is 0 Å². The summed E-state index contributed by atoms with van der Waals surface area (Å²) in [5.41, 5.74) is 1.12. The highest BCUT2D eigenvalue weighted by atomic mass is 32.1. The second-order valence-electron chi connectivity index (χ2n) is 5.06. The monoisotopic (exact) mass is 330 g/mol. The number of amides is 1. The molecule has 1 aliphatic rings. The molecule has 2 aromatic heterocycles. The van der Waals surface area contributed by atoms with Gasteiger partial charge in [0.05, 0.1) is 0 Å². The molecule has 7 nitrogen and oxygen atoms in total. The van der Waals surface area contributed by atoms with E-state index in [9.17, 15) is 9.18 Å². The number of nitrogens with zero attached hydrogens (tertiary/aromatic N) is 6.